The number of carboxylic acid groups (broad SMARTS) is 1. The van der Waals surface area contributed by atoms with E-state index >= 15 is 0 Å². The Morgan fingerprint density at radius 1 is 1.37 bits per heavy atom. The number of anilines is 1. The predicted octanol–water partition coefficient (Wildman–Crippen LogP) is 2.66. The molecule has 1 N–H and O–H groups in total. The van der Waals surface area contributed by atoms with Crippen LogP contribution < -0.4 is 4.90 Å². The zero-order chi connectivity index (χ0) is 13.2. The summed E-state index contributed by atoms with van der Waals surface area (Å²) in [6, 6.07) is 8.15. The van der Waals surface area contributed by atoms with Crippen LogP contribution in [0.15, 0.2) is 28.7 Å². The Balaban J connectivity index is 1.95. The van der Waals surface area contributed by atoms with Gasteiger partial charge in [-0.2, -0.15) is 4.98 Å². The summed E-state index contributed by atoms with van der Waals surface area (Å²) in [7, 11) is 0. The maximum absolute atomic E-state index is 11.0. The molecular weight excluding hydrogens is 244 g/mol. The number of rotatable bonds is 4. The number of carboxylic acids is 1. The number of benzene rings is 1. The van der Waals surface area contributed by atoms with Crippen LogP contribution in [-0.2, 0) is 4.79 Å². The topological polar surface area (TPSA) is 66.6 Å². The highest BCUT2D eigenvalue weighted by atomic mass is 16.4. The quantitative estimate of drug-likeness (QED) is 0.915. The standard InChI is InChI=1S/C14H16N2O3/c17-13(18)9-16(10-5-1-2-6-10)14-15-11-7-3-4-8-12(11)19-14/h3-4,7-8,10H,1-2,5-6,9H2,(H,17,18). The van der Waals surface area contributed by atoms with E-state index in [9.17, 15) is 4.79 Å². The van der Waals surface area contributed by atoms with Crippen molar-refractivity contribution >= 4 is 23.1 Å². The van der Waals surface area contributed by atoms with Gasteiger partial charge in [-0.1, -0.05) is 25.0 Å². The number of hydrogen-bond donors (Lipinski definition) is 1. The fourth-order valence-electron chi connectivity index (χ4n) is 2.70. The molecule has 0 spiro atoms. The Hall–Kier alpha value is -2.04. The zero-order valence-electron chi connectivity index (χ0n) is 10.6. The van der Waals surface area contributed by atoms with Crippen molar-refractivity contribution in [2.24, 2.45) is 0 Å². The zero-order valence-corrected chi connectivity index (χ0v) is 10.6. The second kappa shape index (κ2) is 4.91. The first-order chi connectivity index (χ1) is 9.24. The minimum Gasteiger partial charge on any atom is -0.480 e. The van der Waals surface area contributed by atoms with Gasteiger partial charge in [0.05, 0.1) is 0 Å². The van der Waals surface area contributed by atoms with Gasteiger partial charge in [0, 0.05) is 6.04 Å². The number of hydrogen-bond acceptors (Lipinski definition) is 4. The number of aliphatic carboxylic acids is 1. The van der Waals surface area contributed by atoms with Crippen molar-refractivity contribution in [1.29, 1.82) is 0 Å². The van der Waals surface area contributed by atoms with Gasteiger partial charge < -0.3 is 14.4 Å². The van der Waals surface area contributed by atoms with E-state index in [1.165, 1.54) is 0 Å². The van der Waals surface area contributed by atoms with Crippen molar-refractivity contribution in [2.45, 2.75) is 31.7 Å². The third kappa shape index (κ3) is 2.41. The first-order valence-electron chi connectivity index (χ1n) is 6.58. The van der Waals surface area contributed by atoms with E-state index in [1.54, 1.807) is 4.90 Å². The fourth-order valence-corrected chi connectivity index (χ4v) is 2.70. The minimum absolute atomic E-state index is 0.0580. The largest absolute Gasteiger partial charge is 0.480 e. The molecule has 0 aliphatic heterocycles. The van der Waals surface area contributed by atoms with E-state index in [1.807, 2.05) is 24.3 Å². The summed E-state index contributed by atoms with van der Waals surface area (Å²) >= 11 is 0. The average molecular weight is 260 g/mol. The second-order valence-corrected chi connectivity index (χ2v) is 4.92. The number of oxazole rings is 1. The van der Waals surface area contributed by atoms with Crippen molar-refractivity contribution in [2.75, 3.05) is 11.4 Å². The lowest BCUT2D eigenvalue weighted by atomic mass is 10.2. The van der Waals surface area contributed by atoms with E-state index < -0.39 is 5.97 Å². The molecule has 5 heteroatoms. The maximum Gasteiger partial charge on any atom is 0.323 e. The second-order valence-electron chi connectivity index (χ2n) is 4.92. The molecule has 1 saturated carbocycles. The summed E-state index contributed by atoms with van der Waals surface area (Å²) in [5.41, 5.74) is 1.47. The van der Waals surface area contributed by atoms with Gasteiger partial charge in [0.15, 0.2) is 5.58 Å². The van der Waals surface area contributed by atoms with Crippen molar-refractivity contribution in [3.63, 3.8) is 0 Å². The molecular formula is C14H16N2O3. The van der Waals surface area contributed by atoms with Gasteiger partial charge in [0.1, 0.15) is 12.1 Å². The molecule has 0 radical (unpaired) electrons. The Morgan fingerprint density at radius 2 is 2.11 bits per heavy atom. The summed E-state index contributed by atoms with van der Waals surface area (Å²) in [6.45, 7) is -0.0580. The molecule has 1 aromatic carbocycles. The third-order valence-corrected chi connectivity index (χ3v) is 3.60. The SMILES string of the molecule is O=C(O)CN(c1nc2ccccc2o1)C1CCCC1. The molecule has 19 heavy (non-hydrogen) atoms. The average Bonchev–Trinajstić information content (AvgIpc) is 3.04. The third-order valence-electron chi connectivity index (χ3n) is 3.60. The molecule has 1 aliphatic rings. The van der Waals surface area contributed by atoms with Gasteiger partial charge in [0.25, 0.3) is 6.01 Å². The molecule has 0 saturated heterocycles. The number of aromatic nitrogens is 1. The highest BCUT2D eigenvalue weighted by molar-refractivity contribution is 5.76. The molecule has 1 heterocycles. The lowest BCUT2D eigenvalue weighted by molar-refractivity contribution is -0.135. The van der Waals surface area contributed by atoms with Crippen molar-refractivity contribution in [3.05, 3.63) is 24.3 Å². The summed E-state index contributed by atoms with van der Waals surface area (Å²) < 4.78 is 5.69. The van der Waals surface area contributed by atoms with Gasteiger partial charge in [0.2, 0.25) is 0 Å². The van der Waals surface area contributed by atoms with E-state index in [2.05, 4.69) is 4.98 Å². The van der Waals surface area contributed by atoms with Crippen molar-refractivity contribution < 1.29 is 14.3 Å². The smallest absolute Gasteiger partial charge is 0.323 e. The van der Waals surface area contributed by atoms with Crippen LogP contribution in [0.25, 0.3) is 11.1 Å². The summed E-state index contributed by atoms with van der Waals surface area (Å²) in [5, 5.41) is 9.07. The number of fused-ring (bicyclic) bond motifs is 1. The summed E-state index contributed by atoms with van der Waals surface area (Å²) in [6.07, 6.45) is 4.29. The van der Waals surface area contributed by atoms with Crippen molar-refractivity contribution in [1.82, 2.24) is 4.98 Å². The van der Waals surface area contributed by atoms with E-state index in [0.717, 1.165) is 31.2 Å². The molecule has 0 bridgehead atoms. The van der Waals surface area contributed by atoms with Crippen LogP contribution in [0.4, 0.5) is 6.01 Å². The van der Waals surface area contributed by atoms with Crippen LogP contribution in [0, 0.1) is 0 Å². The number of nitrogens with zero attached hydrogens (tertiary/aromatic N) is 2. The van der Waals surface area contributed by atoms with E-state index in [4.69, 9.17) is 9.52 Å². The highest BCUT2D eigenvalue weighted by Crippen LogP contribution is 2.29. The van der Waals surface area contributed by atoms with Crippen LogP contribution in [-0.4, -0.2) is 28.6 Å². The van der Waals surface area contributed by atoms with E-state index in [-0.39, 0.29) is 12.6 Å². The fraction of sp³-hybridized carbons (Fsp3) is 0.429. The maximum atomic E-state index is 11.0. The lowest BCUT2D eigenvalue weighted by Gasteiger charge is -2.25. The lowest BCUT2D eigenvalue weighted by Crippen LogP contribution is -2.37. The van der Waals surface area contributed by atoms with Crippen LogP contribution in [0.2, 0.25) is 0 Å². The van der Waals surface area contributed by atoms with Crippen LogP contribution in [0.5, 0.6) is 0 Å². The molecule has 0 unspecified atom stereocenters. The van der Waals surface area contributed by atoms with E-state index in [0.29, 0.717) is 11.6 Å². The van der Waals surface area contributed by atoms with Crippen LogP contribution in [0.3, 0.4) is 0 Å². The molecule has 5 nitrogen and oxygen atoms in total. The van der Waals surface area contributed by atoms with Crippen LogP contribution >= 0.6 is 0 Å². The highest BCUT2D eigenvalue weighted by Gasteiger charge is 2.27. The van der Waals surface area contributed by atoms with Gasteiger partial charge in [-0.3, -0.25) is 4.79 Å². The first-order valence-corrected chi connectivity index (χ1v) is 6.58. The monoisotopic (exact) mass is 260 g/mol. The number of carbonyl (C=O) groups is 1. The molecule has 0 amide bonds. The molecule has 100 valence electrons. The Bertz CT molecular complexity index is 554. The normalized spacial score (nSPS) is 16.0. The Morgan fingerprint density at radius 3 is 2.79 bits per heavy atom. The minimum atomic E-state index is -0.853. The Kier molecular flexibility index (Phi) is 3.11. The molecule has 2 aromatic rings. The first kappa shape index (κ1) is 12.0. The number of para-hydroxylation sites is 2. The summed E-state index contributed by atoms with van der Waals surface area (Å²) in [5.74, 6) is -0.853. The van der Waals surface area contributed by atoms with Crippen LogP contribution in [0.1, 0.15) is 25.7 Å². The molecule has 1 aromatic heterocycles. The van der Waals surface area contributed by atoms with Gasteiger partial charge >= 0.3 is 5.97 Å². The molecule has 0 atom stereocenters. The van der Waals surface area contributed by atoms with Crippen molar-refractivity contribution in [3.8, 4) is 0 Å². The van der Waals surface area contributed by atoms with Gasteiger partial charge in [-0.25, -0.2) is 0 Å². The molecule has 1 aliphatic carbocycles. The Labute approximate surface area is 110 Å². The van der Waals surface area contributed by atoms with Gasteiger partial charge in [-0.15, -0.1) is 0 Å². The molecule has 3 rings (SSSR count). The molecule has 1 fully saturated rings. The van der Waals surface area contributed by atoms with Gasteiger partial charge in [-0.05, 0) is 25.0 Å². The summed E-state index contributed by atoms with van der Waals surface area (Å²) in [4.78, 5) is 17.2. The predicted molar refractivity (Wildman–Crippen MR) is 71.2 cm³/mol.